The van der Waals surface area contributed by atoms with E-state index in [0.29, 0.717) is 5.75 Å². The molecule has 0 aromatic heterocycles. The zero-order valence-electron chi connectivity index (χ0n) is 5.63. The lowest BCUT2D eigenvalue weighted by atomic mass is 10.3. The van der Waals surface area contributed by atoms with Gasteiger partial charge in [0.05, 0.1) is 0 Å². The highest BCUT2D eigenvalue weighted by Crippen LogP contribution is 2.01. The van der Waals surface area contributed by atoms with Crippen LogP contribution in [0.3, 0.4) is 0 Å². The molecule has 4 heteroatoms. The van der Waals surface area contributed by atoms with Gasteiger partial charge in [0.2, 0.25) is 5.78 Å². The average molecular weight is 164 g/mol. The van der Waals surface area contributed by atoms with Gasteiger partial charge in [-0.25, -0.2) is 4.39 Å². The summed E-state index contributed by atoms with van der Waals surface area (Å²) in [6.45, 7) is -0.753. The second-order valence-electron chi connectivity index (χ2n) is 1.59. The molecule has 0 bridgehead atoms. The minimum Gasteiger partial charge on any atom is -0.388 e. The van der Waals surface area contributed by atoms with Crippen molar-refractivity contribution in [2.45, 2.75) is 0 Å². The SMILES string of the molecule is CSC/C=C(/F)C(=O)CO. The third-order valence-corrected chi connectivity index (χ3v) is 1.34. The minimum absolute atomic E-state index is 0.456. The summed E-state index contributed by atoms with van der Waals surface area (Å²) in [5, 5.41) is 8.17. The summed E-state index contributed by atoms with van der Waals surface area (Å²) in [6, 6.07) is 0. The van der Waals surface area contributed by atoms with Crippen LogP contribution in [-0.2, 0) is 4.79 Å². The van der Waals surface area contributed by atoms with E-state index in [1.807, 2.05) is 0 Å². The molecule has 0 aliphatic carbocycles. The molecule has 0 saturated heterocycles. The molecule has 0 spiro atoms. The van der Waals surface area contributed by atoms with Crippen molar-refractivity contribution in [1.82, 2.24) is 0 Å². The topological polar surface area (TPSA) is 37.3 Å². The minimum atomic E-state index is -0.853. The summed E-state index contributed by atoms with van der Waals surface area (Å²) in [4.78, 5) is 10.3. The summed E-state index contributed by atoms with van der Waals surface area (Å²) < 4.78 is 12.3. The van der Waals surface area contributed by atoms with E-state index in [1.54, 1.807) is 6.26 Å². The molecule has 0 heterocycles. The van der Waals surface area contributed by atoms with Crippen molar-refractivity contribution in [3.63, 3.8) is 0 Å². The Hall–Kier alpha value is -0.350. The molecule has 0 aliphatic rings. The Morgan fingerprint density at radius 2 is 2.40 bits per heavy atom. The van der Waals surface area contributed by atoms with Crippen molar-refractivity contribution in [3.8, 4) is 0 Å². The maximum absolute atomic E-state index is 12.3. The van der Waals surface area contributed by atoms with Gasteiger partial charge < -0.3 is 5.11 Å². The molecule has 0 saturated carbocycles. The highest BCUT2D eigenvalue weighted by atomic mass is 32.2. The Balaban J connectivity index is 3.80. The Labute approximate surface area is 63.1 Å². The van der Waals surface area contributed by atoms with E-state index < -0.39 is 18.2 Å². The number of carbonyl (C=O) groups is 1. The third kappa shape index (κ3) is 3.63. The molecule has 1 N–H and O–H groups in total. The first kappa shape index (κ1) is 9.65. The Morgan fingerprint density at radius 1 is 1.80 bits per heavy atom. The van der Waals surface area contributed by atoms with Gasteiger partial charge in [0.1, 0.15) is 6.61 Å². The maximum Gasteiger partial charge on any atom is 0.216 e. The number of Topliss-reactive ketones (excluding diaryl/α,β-unsaturated/α-hetero) is 1. The predicted molar refractivity (Wildman–Crippen MR) is 39.7 cm³/mol. The predicted octanol–water partition coefficient (Wildman–Crippen LogP) is 0.764. The summed E-state index contributed by atoms with van der Waals surface area (Å²) >= 11 is 1.41. The fourth-order valence-electron chi connectivity index (χ4n) is 0.346. The molecule has 10 heavy (non-hydrogen) atoms. The van der Waals surface area contributed by atoms with Gasteiger partial charge in [0.15, 0.2) is 5.83 Å². The summed E-state index contributed by atoms with van der Waals surface area (Å²) in [6.07, 6.45) is 2.95. The van der Waals surface area contributed by atoms with Crippen molar-refractivity contribution in [3.05, 3.63) is 11.9 Å². The van der Waals surface area contributed by atoms with Gasteiger partial charge in [-0.3, -0.25) is 4.79 Å². The Kier molecular flexibility index (Phi) is 5.25. The molecular weight excluding hydrogens is 155 g/mol. The van der Waals surface area contributed by atoms with Crippen LogP contribution in [0.15, 0.2) is 11.9 Å². The molecular formula is C6H9FO2S. The van der Waals surface area contributed by atoms with Gasteiger partial charge in [-0.2, -0.15) is 11.8 Å². The number of aliphatic hydroxyl groups excluding tert-OH is 1. The molecule has 0 atom stereocenters. The highest BCUT2D eigenvalue weighted by Gasteiger charge is 2.04. The molecule has 0 aliphatic heterocycles. The number of rotatable bonds is 4. The first-order chi connectivity index (χ1) is 4.72. The van der Waals surface area contributed by atoms with Crippen molar-refractivity contribution >= 4 is 17.5 Å². The average Bonchev–Trinajstić information content (AvgIpc) is 1.98. The van der Waals surface area contributed by atoms with E-state index in [2.05, 4.69) is 0 Å². The fraction of sp³-hybridized carbons (Fsp3) is 0.500. The zero-order valence-corrected chi connectivity index (χ0v) is 6.45. The lowest BCUT2D eigenvalue weighted by molar-refractivity contribution is -0.119. The van der Waals surface area contributed by atoms with Gasteiger partial charge in [-0.05, 0) is 12.3 Å². The zero-order chi connectivity index (χ0) is 7.98. The Bertz CT molecular complexity index is 145. The van der Waals surface area contributed by atoms with Crippen LogP contribution in [0, 0.1) is 0 Å². The van der Waals surface area contributed by atoms with Crippen molar-refractivity contribution < 1.29 is 14.3 Å². The second-order valence-corrected chi connectivity index (χ2v) is 2.50. The first-order valence-corrected chi connectivity index (χ1v) is 4.10. The molecule has 0 aromatic rings. The lowest BCUT2D eigenvalue weighted by Crippen LogP contribution is -2.03. The van der Waals surface area contributed by atoms with Gasteiger partial charge in [-0.1, -0.05) is 0 Å². The van der Waals surface area contributed by atoms with E-state index >= 15 is 0 Å². The van der Waals surface area contributed by atoms with Crippen LogP contribution in [0.25, 0.3) is 0 Å². The molecule has 0 rings (SSSR count). The Morgan fingerprint density at radius 3 is 2.80 bits per heavy atom. The number of ketones is 1. The quantitative estimate of drug-likeness (QED) is 0.623. The molecule has 58 valence electrons. The monoisotopic (exact) mass is 164 g/mol. The first-order valence-electron chi connectivity index (χ1n) is 2.71. The van der Waals surface area contributed by atoms with Crippen LogP contribution in [0.5, 0.6) is 0 Å². The summed E-state index contributed by atoms with van der Waals surface area (Å²) in [7, 11) is 0. The van der Waals surface area contributed by atoms with E-state index in [-0.39, 0.29) is 0 Å². The third-order valence-electron chi connectivity index (χ3n) is 0.839. The van der Waals surface area contributed by atoms with Gasteiger partial charge >= 0.3 is 0 Å². The van der Waals surface area contributed by atoms with E-state index in [4.69, 9.17) is 5.11 Å². The van der Waals surface area contributed by atoms with Gasteiger partial charge in [0, 0.05) is 5.75 Å². The number of halogens is 1. The maximum atomic E-state index is 12.3. The van der Waals surface area contributed by atoms with Crippen molar-refractivity contribution in [2.24, 2.45) is 0 Å². The number of hydrogen-bond acceptors (Lipinski definition) is 3. The standard InChI is InChI=1S/C6H9FO2S/c1-10-3-2-5(7)6(9)4-8/h2,8H,3-4H2,1H3/b5-2+. The van der Waals surface area contributed by atoms with Crippen LogP contribution < -0.4 is 0 Å². The van der Waals surface area contributed by atoms with Crippen molar-refractivity contribution in [1.29, 1.82) is 0 Å². The molecule has 0 radical (unpaired) electrons. The molecule has 2 nitrogen and oxygen atoms in total. The highest BCUT2D eigenvalue weighted by molar-refractivity contribution is 7.98. The van der Waals surface area contributed by atoms with Crippen LogP contribution in [-0.4, -0.2) is 29.5 Å². The van der Waals surface area contributed by atoms with Gasteiger partial charge in [0.25, 0.3) is 0 Å². The largest absolute Gasteiger partial charge is 0.388 e. The normalized spacial score (nSPS) is 11.7. The molecule has 0 fully saturated rings. The van der Waals surface area contributed by atoms with Crippen LogP contribution >= 0.6 is 11.8 Å². The smallest absolute Gasteiger partial charge is 0.216 e. The molecule has 0 unspecified atom stereocenters. The number of aliphatic hydroxyl groups is 1. The van der Waals surface area contributed by atoms with E-state index in [1.165, 1.54) is 11.8 Å². The number of carbonyl (C=O) groups excluding carboxylic acids is 1. The lowest BCUT2D eigenvalue weighted by Gasteiger charge is -1.90. The van der Waals surface area contributed by atoms with E-state index in [9.17, 15) is 9.18 Å². The number of hydrogen-bond donors (Lipinski definition) is 1. The molecule has 0 amide bonds. The van der Waals surface area contributed by atoms with Crippen LogP contribution in [0.1, 0.15) is 0 Å². The summed E-state index contributed by atoms with van der Waals surface area (Å²) in [5.41, 5.74) is 0. The van der Waals surface area contributed by atoms with Crippen LogP contribution in [0.2, 0.25) is 0 Å². The fourth-order valence-corrected chi connectivity index (χ4v) is 0.659. The summed E-state index contributed by atoms with van der Waals surface area (Å²) in [5.74, 6) is -1.25. The van der Waals surface area contributed by atoms with Crippen LogP contribution in [0.4, 0.5) is 4.39 Å². The van der Waals surface area contributed by atoms with E-state index in [0.717, 1.165) is 6.08 Å². The van der Waals surface area contributed by atoms with Gasteiger partial charge in [-0.15, -0.1) is 0 Å². The number of thioether (sulfide) groups is 1. The van der Waals surface area contributed by atoms with Crippen molar-refractivity contribution in [2.75, 3.05) is 18.6 Å². The molecule has 0 aromatic carbocycles. The second kappa shape index (κ2) is 5.44.